The fourth-order valence-electron chi connectivity index (χ4n) is 1.17. The molecule has 0 aromatic rings. The van der Waals surface area contributed by atoms with Crippen LogP contribution in [-0.2, 0) is 0 Å². The zero-order valence-electron chi connectivity index (χ0n) is 7.56. The van der Waals surface area contributed by atoms with Crippen LogP contribution >= 0.6 is 0 Å². The van der Waals surface area contributed by atoms with E-state index in [1.165, 1.54) is 11.9 Å². The number of nitrogens with zero attached hydrogens (tertiary/aromatic N) is 1. The molecule has 6 heteroatoms. The third kappa shape index (κ3) is 6.91. The van der Waals surface area contributed by atoms with E-state index < -0.39 is 13.4 Å². The van der Waals surface area contributed by atoms with E-state index in [2.05, 4.69) is 0 Å². The van der Waals surface area contributed by atoms with E-state index >= 15 is 0 Å². The summed E-state index contributed by atoms with van der Waals surface area (Å²) in [5.41, 5.74) is 0. The monoisotopic (exact) mass is 205 g/mol. The maximum atomic E-state index is 11.8. The number of hydrogen-bond acceptors (Lipinski definition) is 1. The van der Waals surface area contributed by atoms with Crippen LogP contribution in [0.5, 0.6) is 0 Å². The molecule has 0 aromatic carbocycles. The molecule has 0 aliphatic heterocycles. The molecule has 0 amide bonds. The first-order valence-electron chi connectivity index (χ1n) is 3.87. The SMILES string of the molecule is CN(CC1CC1)C[B-](F)(F)F.[K+]. The van der Waals surface area contributed by atoms with Crippen molar-refractivity contribution in [1.29, 1.82) is 0 Å². The molecule has 12 heavy (non-hydrogen) atoms. The van der Waals surface area contributed by atoms with Crippen LogP contribution in [0.1, 0.15) is 12.8 Å². The molecule has 0 atom stereocenters. The molecule has 1 aliphatic carbocycles. The first-order valence-corrected chi connectivity index (χ1v) is 3.87. The predicted octanol–water partition coefficient (Wildman–Crippen LogP) is -1.28. The Morgan fingerprint density at radius 1 is 1.33 bits per heavy atom. The molecule has 1 nitrogen and oxygen atoms in total. The Bertz CT molecular complexity index is 137. The van der Waals surface area contributed by atoms with E-state index in [0.717, 1.165) is 12.8 Å². The topological polar surface area (TPSA) is 3.24 Å². The summed E-state index contributed by atoms with van der Waals surface area (Å²) < 4.78 is 35.4. The zero-order chi connectivity index (χ0) is 8.48. The molecule has 0 bridgehead atoms. The van der Waals surface area contributed by atoms with Gasteiger partial charge in [0.1, 0.15) is 0 Å². The van der Waals surface area contributed by atoms with Gasteiger partial charge in [-0.3, -0.25) is 0 Å². The van der Waals surface area contributed by atoms with Gasteiger partial charge in [-0.15, -0.1) is 0 Å². The summed E-state index contributed by atoms with van der Waals surface area (Å²) in [6.07, 6.45) is 1.50. The molecule has 1 fully saturated rings. The van der Waals surface area contributed by atoms with Crippen molar-refractivity contribution in [1.82, 2.24) is 4.90 Å². The van der Waals surface area contributed by atoms with Crippen molar-refractivity contribution in [2.75, 3.05) is 20.0 Å². The minimum absolute atomic E-state index is 0. The maximum Gasteiger partial charge on any atom is 1.00 e. The Kier molecular flexibility index (Phi) is 6.01. The van der Waals surface area contributed by atoms with Gasteiger partial charge < -0.3 is 17.8 Å². The largest absolute Gasteiger partial charge is 1.00 e. The fourth-order valence-corrected chi connectivity index (χ4v) is 1.17. The molecule has 1 rings (SSSR count). The van der Waals surface area contributed by atoms with Crippen molar-refractivity contribution in [3.8, 4) is 0 Å². The summed E-state index contributed by atoms with van der Waals surface area (Å²) in [6.45, 7) is -4.01. The Morgan fingerprint density at radius 3 is 2.17 bits per heavy atom. The summed E-state index contributed by atoms with van der Waals surface area (Å²) in [6, 6.07) is 0. The van der Waals surface area contributed by atoms with Crippen molar-refractivity contribution in [3.05, 3.63) is 0 Å². The van der Waals surface area contributed by atoms with Crippen LogP contribution in [0.2, 0.25) is 0 Å². The van der Waals surface area contributed by atoms with E-state index in [1.54, 1.807) is 0 Å². The van der Waals surface area contributed by atoms with Crippen LogP contribution in [0.4, 0.5) is 12.9 Å². The fraction of sp³-hybridized carbons (Fsp3) is 1.00. The predicted molar refractivity (Wildman–Crippen MR) is 39.3 cm³/mol. The van der Waals surface area contributed by atoms with Crippen molar-refractivity contribution in [2.45, 2.75) is 12.8 Å². The first kappa shape index (κ1) is 13.5. The van der Waals surface area contributed by atoms with Gasteiger partial charge in [-0.05, 0) is 38.8 Å². The van der Waals surface area contributed by atoms with E-state index in [4.69, 9.17) is 0 Å². The number of hydrogen-bond donors (Lipinski definition) is 0. The molecular weight excluding hydrogens is 193 g/mol. The van der Waals surface area contributed by atoms with Gasteiger partial charge in [-0.1, -0.05) is 0 Å². The summed E-state index contributed by atoms with van der Waals surface area (Å²) >= 11 is 0. The third-order valence-electron chi connectivity index (χ3n) is 1.79. The second kappa shape index (κ2) is 5.36. The number of rotatable bonds is 4. The van der Waals surface area contributed by atoms with E-state index in [9.17, 15) is 12.9 Å². The van der Waals surface area contributed by atoms with Gasteiger partial charge in [0, 0.05) is 0 Å². The molecule has 1 saturated carbocycles. The average molecular weight is 205 g/mol. The molecule has 0 radical (unpaired) electrons. The normalized spacial score (nSPS) is 17.8. The van der Waals surface area contributed by atoms with Crippen LogP contribution in [0.25, 0.3) is 0 Å². The van der Waals surface area contributed by atoms with Crippen LogP contribution in [-0.4, -0.2) is 31.9 Å². The minimum atomic E-state index is -4.62. The first-order chi connectivity index (χ1) is 4.97. The Labute approximate surface area is 114 Å². The van der Waals surface area contributed by atoms with E-state index in [-0.39, 0.29) is 51.4 Å². The van der Waals surface area contributed by atoms with Crippen LogP contribution in [0.15, 0.2) is 0 Å². The van der Waals surface area contributed by atoms with Crippen molar-refractivity contribution < 1.29 is 64.3 Å². The number of halogens is 3. The standard InChI is InChI=1S/C6H12BF3N.K/c1-11(4-6-2-3-6)5-7(8,9)10;/h6H,2-5H2,1H3;/q-1;+1. The van der Waals surface area contributed by atoms with Gasteiger partial charge >= 0.3 is 58.4 Å². The van der Waals surface area contributed by atoms with Gasteiger partial charge in [0.05, 0.1) is 0 Å². The van der Waals surface area contributed by atoms with Crippen LogP contribution in [0, 0.1) is 5.92 Å². The smallest absolute Gasteiger partial charge is 0.448 e. The molecule has 0 unspecified atom stereocenters. The van der Waals surface area contributed by atoms with Crippen LogP contribution < -0.4 is 51.4 Å². The Hall–Kier alpha value is 1.45. The Morgan fingerprint density at radius 2 is 1.83 bits per heavy atom. The summed E-state index contributed by atoms with van der Waals surface area (Å²) in [5, 5.41) is 0. The second-order valence-corrected chi connectivity index (χ2v) is 3.37. The van der Waals surface area contributed by atoms with Gasteiger partial charge in [-0.25, -0.2) is 0 Å². The van der Waals surface area contributed by atoms with Crippen LogP contribution in [0.3, 0.4) is 0 Å². The van der Waals surface area contributed by atoms with Crippen molar-refractivity contribution in [2.24, 2.45) is 5.92 Å². The van der Waals surface area contributed by atoms with Gasteiger partial charge in [0.15, 0.2) is 0 Å². The molecule has 1 aliphatic rings. The summed E-state index contributed by atoms with van der Waals surface area (Å²) in [7, 11) is 1.54. The van der Waals surface area contributed by atoms with Gasteiger partial charge in [0.2, 0.25) is 0 Å². The third-order valence-corrected chi connectivity index (χ3v) is 1.79. The van der Waals surface area contributed by atoms with Gasteiger partial charge in [-0.2, -0.15) is 0 Å². The molecule has 0 heterocycles. The zero-order valence-corrected chi connectivity index (χ0v) is 10.7. The molecular formula is C6H12BF3KN. The molecule has 0 N–H and O–H groups in total. The molecule has 0 spiro atoms. The van der Waals surface area contributed by atoms with Gasteiger partial charge in [0.25, 0.3) is 0 Å². The summed E-state index contributed by atoms with van der Waals surface area (Å²) in [5.74, 6) is 0.540. The average Bonchev–Trinajstić information content (AvgIpc) is 2.42. The van der Waals surface area contributed by atoms with Crippen molar-refractivity contribution in [3.63, 3.8) is 0 Å². The summed E-state index contributed by atoms with van der Waals surface area (Å²) in [4.78, 5) is 1.37. The minimum Gasteiger partial charge on any atom is -0.448 e. The van der Waals surface area contributed by atoms with E-state index in [0.29, 0.717) is 12.5 Å². The molecule has 66 valence electrons. The molecule has 0 aromatic heterocycles. The Balaban J connectivity index is 0.00000121. The maximum absolute atomic E-state index is 11.8. The van der Waals surface area contributed by atoms with Crippen molar-refractivity contribution >= 4 is 6.98 Å². The molecule has 0 saturated heterocycles. The second-order valence-electron chi connectivity index (χ2n) is 3.37. The van der Waals surface area contributed by atoms with E-state index in [1.807, 2.05) is 0 Å². The quantitative estimate of drug-likeness (QED) is 0.517.